The molecule has 1 aliphatic heterocycles. The minimum absolute atomic E-state index is 0.0704. The van der Waals surface area contributed by atoms with E-state index in [9.17, 15) is 0 Å². The van der Waals surface area contributed by atoms with E-state index in [0.717, 1.165) is 12.1 Å². The second kappa shape index (κ2) is 5.38. The quantitative estimate of drug-likeness (QED) is 0.868. The molecular formula is C13H22N2O3. The molecule has 2 heterocycles. The zero-order chi connectivity index (χ0) is 13.2. The maximum absolute atomic E-state index is 9.17. The number of hydrogen-bond acceptors (Lipinski definition) is 4. The van der Waals surface area contributed by atoms with Gasteiger partial charge in [-0.3, -0.25) is 4.68 Å². The number of rotatable bonds is 5. The third-order valence-electron chi connectivity index (χ3n) is 3.18. The van der Waals surface area contributed by atoms with E-state index in [1.165, 1.54) is 0 Å². The van der Waals surface area contributed by atoms with E-state index in [2.05, 4.69) is 5.10 Å². The fourth-order valence-electron chi connectivity index (χ4n) is 2.33. The number of ether oxygens (including phenoxy) is 2. The largest absolute Gasteiger partial charge is 0.396 e. The van der Waals surface area contributed by atoms with Crippen molar-refractivity contribution in [3.63, 3.8) is 0 Å². The van der Waals surface area contributed by atoms with Crippen LogP contribution >= 0.6 is 0 Å². The molecule has 0 bridgehead atoms. The Kier molecular flexibility index (Phi) is 4.04. The molecule has 102 valence electrons. The number of nitrogens with zero attached hydrogens (tertiary/aromatic N) is 2. The Labute approximate surface area is 108 Å². The zero-order valence-corrected chi connectivity index (χ0v) is 11.3. The minimum Gasteiger partial charge on any atom is -0.396 e. The summed E-state index contributed by atoms with van der Waals surface area (Å²) < 4.78 is 13.3. The predicted molar refractivity (Wildman–Crippen MR) is 67.2 cm³/mol. The van der Waals surface area contributed by atoms with E-state index >= 15 is 0 Å². The number of hydrogen-bond donors (Lipinski definition) is 1. The standard InChI is InChI=1S/C13H22N2O3/c1-10-4-6-15(14-10)11(5-7-16)8-12-9-17-13(2,3)18-12/h4,6,11-12,16H,5,7-9H2,1-3H3. The van der Waals surface area contributed by atoms with Crippen LogP contribution in [0.1, 0.15) is 38.4 Å². The van der Waals surface area contributed by atoms with Crippen LogP contribution in [0.2, 0.25) is 0 Å². The van der Waals surface area contributed by atoms with Gasteiger partial charge < -0.3 is 14.6 Å². The lowest BCUT2D eigenvalue weighted by Crippen LogP contribution is -2.24. The summed E-state index contributed by atoms with van der Waals surface area (Å²) in [7, 11) is 0. The minimum atomic E-state index is -0.492. The third kappa shape index (κ3) is 3.31. The average Bonchev–Trinajstić information content (AvgIpc) is 2.84. The molecule has 2 atom stereocenters. The predicted octanol–water partition coefficient (Wildman–Crippen LogP) is 1.66. The molecule has 2 rings (SSSR count). The molecule has 18 heavy (non-hydrogen) atoms. The summed E-state index contributed by atoms with van der Waals surface area (Å²) in [4.78, 5) is 0. The Bertz CT molecular complexity index is 389. The molecule has 1 aromatic rings. The molecule has 0 spiro atoms. The van der Waals surface area contributed by atoms with Gasteiger partial charge in [0, 0.05) is 12.8 Å². The highest BCUT2D eigenvalue weighted by Crippen LogP contribution is 2.28. The SMILES string of the molecule is Cc1ccn(C(CCO)CC2COC(C)(C)O2)n1. The van der Waals surface area contributed by atoms with Crippen molar-refractivity contribution in [3.8, 4) is 0 Å². The highest BCUT2D eigenvalue weighted by atomic mass is 16.7. The summed E-state index contributed by atoms with van der Waals surface area (Å²) in [6, 6.07) is 2.13. The number of aryl methyl sites for hydroxylation is 1. The van der Waals surface area contributed by atoms with E-state index in [4.69, 9.17) is 14.6 Å². The van der Waals surface area contributed by atoms with Gasteiger partial charge in [0.25, 0.3) is 0 Å². The molecule has 1 fully saturated rings. The van der Waals surface area contributed by atoms with Crippen molar-refractivity contribution < 1.29 is 14.6 Å². The van der Waals surface area contributed by atoms with Gasteiger partial charge in [-0.2, -0.15) is 5.10 Å². The summed E-state index contributed by atoms with van der Waals surface area (Å²) in [5, 5.41) is 13.6. The number of aromatic nitrogens is 2. The van der Waals surface area contributed by atoms with Crippen LogP contribution in [0.15, 0.2) is 12.3 Å². The van der Waals surface area contributed by atoms with Crippen LogP contribution in [0.4, 0.5) is 0 Å². The normalized spacial score (nSPS) is 24.3. The van der Waals surface area contributed by atoms with E-state index < -0.39 is 5.79 Å². The van der Waals surface area contributed by atoms with Crippen LogP contribution in [0, 0.1) is 6.92 Å². The molecule has 2 unspecified atom stereocenters. The van der Waals surface area contributed by atoms with Crippen molar-refractivity contribution in [1.29, 1.82) is 0 Å². The van der Waals surface area contributed by atoms with E-state index in [1.807, 2.05) is 37.7 Å². The van der Waals surface area contributed by atoms with Crippen LogP contribution in [0.25, 0.3) is 0 Å². The van der Waals surface area contributed by atoms with Gasteiger partial charge in [0.2, 0.25) is 0 Å². The smallest absolute Gasteiger partial charge is 0.163 e. The summed E-state index contributed by atoms with van der Waals surface area (Å²) >= 11 is 0. The Morgan fingerprint density at radius 1 is 1.61 bits per heavy atom. The lowest BCUT2D eigenvalue weighted by Gasteiger charge is -2.21. The summed E-state index contributed by atoms with van der Waals surface area (Å²) in [5.41, 5.74) is 0.988. The van der Waals surface area contributed by atoms with Crippen LogP contribution in [0.3, 0.4) is 0 Å². The molecule has 0 aromatic carbocycles. The Morgan fingerprint density at radius 2 is 2.39 bits per heavy atom. The summed E-state index contributed by atoms with van der Waals surface area (Å²) in [6.07, 6.45) is 3.52. The average molecular weight is 254 g/mol. The summed E-state index contributed by atoms with van der Waals surface area (Å²) in [5.74, 6) is -0.492. The molecule has 5 nitrogen and oxygen atoms in total. The van der Waals surface area contributed by atoms with Crippen LogP contribution in [0.5, 0.6) is 0 Å². The zero-order valence-electron chi connectivity index (χ0n) is 11.3. The molecule has 1 aromatic heterocycles. The van der Waals surface area contributed by atoms with E-state index in [-0.39, 0.29) is 18.8 Å². The van der Waals surface area contributed by atoms with Gasteiger partial charge in [0.15, 0.2) is 5.79 Å². The van der Waals surface area contributed by atoms with Crippen LogP contribution < -0.4 is 0 Å². The first-order chi connectivity index (χ1) is 8.50. The molecule has 1 saturated heterocycles. The maximum Gasteiger partial charge on any atom is 0.163 e. The first kappa shape index (κ1) is 13.5. The van der Waals surface area contributed by atoms with Gasteiger partial charge in [0.05, 0.1) is 24.4 Å². The van der Waals surface area contributed by atoms with Crippen molar-refractivity contribution in [2.45, 2.75) is 51.5 Å². The molecule has 0 amide bonds. The fourth-order valence-corrected chi connectivity index (χ4v) is 2.33. The maximum atomic E-state index is 9.17. The Morgan fingerprint density at radius 3 is 2.89 bits per heavy atom. The first-order valence-electron chi connectivity index (χ1n) is 6.44. The van der Waals surface area contributed by atoms with E-state index in [1.54, 1.807) is 0 Å². The Balaban J connectivity index is 1.99. The monoisotopic (exact) mass is 254 g/mol. The molecule has 0 aliphatic carbocycles. The Hall–Kier alpha value is -0.910. The molecule has 0 radical (unpaired) electrons. The molecule has 5 heteroatoms. The number of aliphatic hydroxyl groups excluding tert-OH is 1. The first-order valence-corrected chi connectivity index (χ1v) is 6.44. The van der Waals surface area contributed by atoms with Crippen molar-refractivity contribution in [2.75, 3.05) is 13.2 Å². The molecule has 1 aliphatic rings. The second-order valence-corrected chi connectivity index (χ2v) is 5.29. The van der Waals surface area contributed by atoms with Gasteiger partial charge >= 0.3 is 0 Å². The van der Waals surface area contributed by atoms with Crippen LogP contribution in [-0.4, -0.2) is 40.0 Å². The second-order valence-electron chi connectivity index (χ2n) is 5.29. The topological polar surface area (TPSA) is 56.5 Å². The fraction of sp³-hybridized carbons (Fsp3) is 0.769. The van der Waals surface area contributed by atoms with Crippen molar-refractivity contribution in [3.05, 3.63) is 18.0 Å². The van der Waals surface area contributed by atoms with Gasteiger partial charge in [-0.05, 0) is 39.7 Å². The summed E-state index contributed by atoms with van der Waals surface area (Å²) in [6.45, 7) is 6.57. The third-order valence-corrected chi connectivity index (χ3v) is 3.18. The van der Waals surface area contributed by atoms with Gasteiger partial charge in [-0.25, -0.2) is 0 Å². The highest BCUT2D eigenvalue weighted by molar-refractivity contribution is 4.96. The molecule has 1 N–H and O–H groups in total. The van der Waals surface area contributed by atoms with Gasteiger partial charge in [0.1, 0.15) is 0 Å². The number of aliphatic hydroxyl groups is 1. The van der Waals surface area contributed by atoms with Crippen molar-refractivity contribution in [1.82, 2.24) is 9.78 Å². The lowest BCUT2D eigenvalue weighted by atomic mass is 10.1. The van der Waals surface area contributed by atoms with Crippen molar-refractivity contribution in [2.24, 2.45) is 0 Å². The molecule has 0 saturated carbocycles. The van der Waals surface area contributed by atoms with E-state index in [0.29, 0.717) is 13.0 Å². The molecular weight excluding hydrogens is 232 g/mol. The highest BCUT2D eigenvalue weighted by Gasteiger charge is 2.34. The van der Waals surface area contributed by atoms with Gasteiger partial charge in [-0.1, -0.05) is 0 Å². The van der Waals surface area contributed by atoms with Crippen LogP contribution in [-0.2, 0) is 9.47 Å². The lowest BCUT2D eigenvalue weighted by molar-refractivity contribution is -0.140. The van der Waals surface area contributed by atoms with Gasteiger partial charge in [-0.15, -0.1) is 0 Å². The van der Waals surface area contributed by atoms with Crippen molar-refractivity contribution >= 4 is 0 Å².